The zero-order valence-electron chi connectivity index (χ0n) is 15.0. The van der Waals surface area contributed by atoms with Gasteiger partial charge < -0.3 is 18.9 Å². The van der Waals surface area contributed by atoms with Gasteiger partial charge in [-0.15, -0.1) is 0 Å². The van der Waals surface area contributed by atoms with Gasteiger partial charge >= 0.3 is 5.97 Å². The van der Waals surface area contributed by atoms with Gasteiger partial charge in [0, 0.05) is 20.1 Å². The Balaban J connectivity index is 3.10. The maximum absolute atomic E-state index is 12.4. The number of carbonyl (C=O) groups is 1. The SMILES string of the molecule is CCOC(=O)C(C)(Br)[C@@H](OCOC)[C@H](C)[C@H](OC)c1ccccc1. The number of hydrogen-bond acceptors (Lipinski definition) is 5. The minimum absolute atomic E-state index is 0.0703. The van der Waals surface area contributed by atoms with Crippen LogP contribution in [-0.2, 0) is 23.7 Å². The fourth-order valence-electron chi connectivity index (χ4n) is 2.79. The van der Waals surface area contributed by atoms with Gasteiger partial charge in [0.1, 0.15) is 11.1 Å². The highest BCUT2D eigenvalue weighted by atomic mass is 79.9. The standard InChI is InChI=1S/C18H27BrO5/c1-6-23-17(20)18(3,19)16(24-12-21-4)13(2)15(22-5)14-10-8-7-9-11-14/h7-11,13,15-16H,6,12H2,1-5H3/t13-,15+,16+,18?/m1/s1. The molecule has 1 aromatic carbocycles. The van der Waals surface area contributed by atoms with Gasteiger partial charge in [0.2, 0.25) is 0 Å². The van der Waals surface area contributed by atoms with E-state index < -0.39 is 10.4 Å². The Bertz CT molecular complexity index is 491. The Morgan fingerprint density at radius 1 is 1.25 bits per heavy atom. The Hall–Kier alpha value is -0.950. The Morgan fingerprint density at radius 2 is 1.88 bits per heavy atom. The largest absolute Gasteiger partial charge is 0.465 e. The Labute approximate surface area is 152 Å². The first-order valence-corrected chi connectivity index (χ1v) is 8.73. The molecule has 0 aliphatic heterocycles. The van der Waals surface area contributed by atoms with E-state index in [4.69, 9.17) is 18.9 Å². The van der Waals surface area contributed by atoms with Crippen LogP contribution in [0.25, 0.3) is 0 Å². The summed E-state index contributed by atoms with van der Waals surface area (Å²) in [7, 11) is 3.19. The molecule has 0 N–H and O–H groups in total. The lowest BCUT2D eigenvalue weighted by Crippen LogP contribution is -2.49. The number of halogens is 1. The van der Waals surface area contributed by atoms with E-state index in [2.05, 4.69) is 15.9 Å². The molecular weight excluding hydrogens is 376 g/mol. The van der Waals surface area contributed by atoms with Crippen molar-refractivity contribution in [2.24, 2.45) is 5.92 Å². The molecule has 0 spiro atoms. The summed E-state index contributed by atoms with van der Waals surface area (Å²) in [5, 5.41) is 0. The van der Waals surface area contributed by atoms with Crippen LogP contribution < -0.4 is 0 Å². The number of methoxy groups -OCH3 is 2. The molecule has 136 valence electrons. The maximum atomic E-state index is 12.4. The first-order chi connectivity index (χ1) is 11.4. The van der Waals surface area contributed by atoms with Crippen LogP contribution in [0.15, 0.2) is 30.3 Å². The van der Waals surface area contributed by atoms with Crippen LogP contribution in [0.4, 0.5) is 0 Å². The summed E-state index contributed by atoms with van der Waals surface area (Å²) < 4.78 is 20.7. The van der Waals surface area contributed by atoms with Gasteiger partial charge in [-0.3, -0.25) is 4.79 Å². The number of esters is 1. The van der Waals surface area contributed by atoms with Crippen LogP contribution in [0.2, 0.25) is 0 Å². The summed E-state index contributed by atoms with van der Waals surface area (Å²) in [4.78, 5) is 12.4. The molecule has 0 heterocycles. The monoisotopic (exact) mass is 402 g/mol. The van der Waals surface area contributed by atoms with Gasteiger partial charge in [0.15, 0.2) is 0 Å². The maximum Gasteiger partial charge on any atom is 0.325 e. The molecule has 1 unspecified atom stereocenters. The molecule has 0 aromatic heterocycles. The number of ether oxygens (including phenoxy) is 4. The van der Waals surface area contributed by atoms with Crippen molar-refractivity contribution in [3.05, 3.63) is 35.9 Å². The van der Waals surface area contributed by atoms with Crippen molar-refractivity contribution >= 4 is 21.9 Å². The zero-order valence-corrected chi connectivity index (χ0v) is 16.5. The number of benzene rings is 1. The second-order valence-corrected chi connectivity index (χ2v) is 7.36. The first kappa shape index (κ1) is 21.1. The topological polar surface area (TPSA) is 54.0 Å². The van der Waals surface area contributed by atoms with Crippen LogP contribution in [0.5, 0.6) is 0 Å². The van der Waals surface area contributed by atoms with Gasteiger partial charge in [-0.1, -0.05) is 53.2 Å². The van der Waals surface area contributed by atoms with E-state index in [9.17, 15) is 4.79 Å². The normalized spacial score (nSPS) is 17.6. The lowest BCUT2D eigenvalue weighted by atomic mass is 9.86. The Morgan fingerprint density at radius 3 is 2.38 bits per heavy atom. The van der Waals surface area contributed by atoms with Crippen molar-refractivity contribution in [3.8, 4) is 0 Å². The summed E-state index contributed by atoms with van der Waals surface area (Å²) >= 11 is 3.51. The molecule has 6 heteroatoms. The second-order valence-electron chi connectivity index (χ2n) is 5.72. The van der Waals surface area contributed by atoms with E-state index in [-0.39, 0.29) is 24.8 Å². The van der Waals surface area contributed by atoms with E-state index in [0.717, 1.165) is 5.56 Å². The highest BCUT2D eigenvalue weighted by Crippen LogP contribution is 2.38. The predicted molar refractivity (Wildman–Crippen MR) is 96.1 cm³/mol. The van der Waals surface area contributed by atoms with Crippen LogP contribution in [0, 0.1) is 5.92 Å². The van der Waals surface area contributed by atoms with Crippen molar-refractivity contribution in [1.82, 2.24) is 0 Å². The van der Waals surface area contributed by atoms with E-state index in [0.29, 0.717) is 6.61 Å². The quantitative estimate of drug-likeness (QED) is 0.339. The fourth-order valence-corrected chi connectivity index (χ4v) is 3.45. The molecule has 1 aromatic rings. The minimum Gasteiger partial charge on any atom is -0.465 e. The molecule has 5 nitrogen and oxygen atoms in total. The molecule has 0 bridgehead atoms. The predicted octanol–water partition coefficient (Wildman–Crippen LogP) is 3.72. The number of rotatable bonds is 10. The third kappa shape index (κ3) is 5.28. The summed E-state index contributed by atoms with van der Waals surface area (Å²) in [5.74, 6) is -0.512. The van der Waals surface area contributed by atoms with E-state index >= 15 is 0 Å². The smallest absolute Gasteiger partial charge is 0.325 e. The highest BCUT2D eigenvalue weighted by Gasteiger charge is 2.46. The van der Waals surface area contributed by atoms with Crippen molar-refractivity contribution in [2.75, 3.05) is 27.6 Å². The molecule has 24 heavy (non-hydrogen) atoms. The Kier molecular flexibility index (Phi) is 8.91. The molecular formula is C18H27BrO5. The molecule has 0 fully saturated rings. The van der Waals surface area contributed by atoms with Gasteiger partial charge in [0.05, 0.1) is 18.8 Å². The summed E-state index contributed by atoms with van der Waals surface area (Å²) in [6.45, 7) is 5.88. The van der Waals surface area contributed by atoms with E-state index in [1.807, 2.05) is 37.3 Å². The number of hydrogen-bond donors (Lipinski definition) is 0. The molecule has 0 aliphatic carbocycles. The zero-order chi connectivity index (χ0) is 18.2. The van der Waals surface area contributed by atoms with Crippen molar-refractivity contribution in [2.45, 2.75) is 37.3 Å². The van der Waals surface area contributed by atoms with Crippen LogP contribution in [0.3, 0.4) is 0 Å². The fraction of sp³-hybridized carbons (Fsp3) is 0.611. The van der Waals surface area contributed by atoms with Gasteiger partial charge in [0.25, 0.3) is 0 Å². The van der Waals surface area contributed by atoms with Gasteiger partial charge in [-0.2, -0.15) is 0 Å². The van der Waals surface area contributed by atoms with Crippen LogP contribution in [-0.4, -0.2) is 44.0 Å². The average Bonchev–Trinajstić information content (AvgIpc) is 2.57. The summed E-state index contributed by atoms with van der Waals surface area (Å²) in [5.41, 5.74) is 1.02. The lowest BCUT2D eigenvalue weighted by Gasteiger charge is -2.37. The molecule has 0 saturated carbocycles. The molecule has 0 radical (unpaired) electrons. The second kappa shape index (κ2) is 10.1. The number of carbonyl (C=O) groups excluding carboxylic acids is 1. The van der Waals surface area contributed by atoms with Crippen LogP contribution in [0.1, 0.15) is 32.4 Å². The lowest BCUT2D eigenvalue weighted by molar-refractivity contribution is -0.161. The molecule has 4 atom stereocenters. The molecule has 0 aliphatic rings. The average molecular weight is 403 g/mol. The summed E-state index contributed by atoms with van der Waals surface area (Å²) in [6, 6.07) is 9.85. The number of alkyl halides is 1. The van der Waals surface area contributed by atoms with Gasteiger partial charge in [-0.05, 0) is 19.4 Å². The van der Waals surface area contributed by atoms with Crippen molar-refractivity contribution < 1.29 is 23.7 Å². The van der Waals surface area contributed by atoms with Gasteiger partial charge in [-0.25, -0.2) is 0 Å². The van der Waals surface area contributed by atoms with Crippen LogP contribution >= 0.6 is 15.9 Å². The third-order valence-corrected chi connectivity index (χ3v) is 4.69. The first-order valence-electron chi connectivity index (χ1n) is 7.94. The summed E-state index contributed by atoms with van der Waals surface area (Å²) in [6.07, 6.45) is -0.749. The molecule has 1 rings (SSSR count). The minimum atomic E-state index is -1.02. The van der Waals surface area contributed by atoms with E-state index in [1.165, 1.54) is 0 Å². The highest BCUT2D eigenvalue weighted by molar-refractivity contribution is 9.10. The molecule has 0 saturated heterocycles. The third-order valence-electron chi connectivity index (χ3n) is 3.91. The van der Waals surface area contributed by atoms with Crippen molar-refractivity contribution in [3.63, 3.8) is 0 Å². The van der Waals surface area contributed by atoms with E-state index in [1.54, 1.807) is 28.1 Å². The van der Waals surface area contributed by atoms with Crippen molar-refractivity contribution in [1.29, 1.82) is 0 Å². The molecule has 0 amide bonds.